The Morgan fingerprint density at radius 1 is 1.04 bits per heavy atom. The lowest BCUT2D eigenvalue weighted by atomic mass is 10.1. The van der Waals surface area contributed by atoms with Crippen LogP contribution in [0.5, 0.6) is 0 Å². The van der Waals surface area contributed by atoms with E-state index in [2.05, 4.69) is 43.3 Å². The molecule has 0 saturated carbocycles. The molecule has 7 heteroatoms. The van der Waals surface area contributed by atoms with Gasteiger partial charge in [-0.1, -0.05) is 30.3 Å². The Kier molecular flexibility index (Phi) is 5.97. The molecule has 3 N–H and O–H groups in total. The molecule has 28 heavy (non-hydrogen) atoms. The maximum absolute atomic E-state index is 11.9. The first-order valence-electron chi connectivity index (χ1n) is 9.57. The maximum atomic E-state index is 11.9. The Balaban J connectivity index is 1.45. The van der Waals surface area contributed by atoms with Gasteiger partial charge in [-0.25, -0.2) is 4.98 Å². The van der Waals surface area contributed by atoms with Gasteiger partial charge in [0.2, 0.25) is 0 Å². The van der Waals surface area contributed by atoms with Gasteiger partial charge in [-0.05, 0) is 17.0 Å². The number of aromatic amines is 1. The molecule has 0 aliphatic carbocycles. The van der Waals surface area contributed by atoms with Crippen LogP contribution in [0.4, 0.5) is 0 Å². The molecule has 0 amide bonds. The number of hydrogen-bond donors (Lipinski definition) is 2. The number of piperazine rings is 1. The second kappa shape index (κ2) is 8.79. The van der Waals surface area contributed by atoms with E-state index in [1.807, 2.05) is 29.5 Å². The molecule has 0 atom stereocenters. The van der Waals surface area contributed by atoms with E-state index in [4.69, 9.17) is 5.73 Å². The van der Waals surface area contributed by atoms with Crippen molar-refractivity contribution in [2.45, 2.75) is 19.6 Å². The zero-order chi connectivity index (χ0) is 19.3. The number of nitrogens with zero attached hydrogens (tertiary/aromatic N) is 3. The number of nitrogens with one attached hydrogen (secondary N) is 1. The molecule has 0 spiro atoms. The summed E-state index contributed by atoms with van der Waals surface area (Å²) in [5.41, 5.74) is 8.27. The summed E-state index contributed by atoms with van der Waals surface area (Å²) in [5.74, 6) is 0.597. The van der Waals surface area contributed by atoms with Crippen LogP contribution < -0.4 is 11.3 Å². The molecular formula is C21H25N5OS. The van der Waals surface area contributed by atoms with E-state index in [0.29, 0.717) is 11.5 Å². The number of H-pyrrole nitrogens is 1. The zero-order valence-electron chi connectivity index (χ0n) is 15.8. The fourth-order valence-electron chi connectivity index (χ4n) is 3.60. The number of benzene rings is 1. The third-order valence-electron chi connectivity index (χ3n) is 5.09. The van der Waals surface area contributed by atoms with Crippen molar-refractivity contribution in [3.63, 3.8) is 0 Å². The first kappa shape index (κ1) is 19.0. The summed E-state index contributed by atoms with van der Waals surface area (Å²) in [5, 5.41) is 2.14. The quantitative estimate of drug-likeness (QED) is 0.669. The van der Waals surface area contributed by atoms with Gasteiger partial charge in [0.15, 0.2) is 0 Å². The summed E-state index contributed by atoms with van der Waals surface area (Å²) in [4.78, 5) is 25.7. The first-order valence-corrected chi connectivity index (χ1v) is 10.4. The van der Waals surface area contributed by atoms with Gasteiger partial charge in [0.25, 0.3) is 5.56 Å². The second-order valence-electron chi connectivity index (χ2n) is 7.08. The van der Waals surface area contributed by atoms with E-state index in [1.165, 1.54) is 16.5 Å². The van der Waals surface area contributed by atoms with E-state index < -0.39 is 0 Å². The highest BCUT2D eigenvalue weighted by atomic mass is 32.1. The smallest absolute Gasteiger partial charge is 0.251 e. The predicted octanol–water partition coefficient (Wildman–Crippen LogP) is 2.27. The average Bonchev–Trinajstić information content (AvgIpc) is 3.22. The highest BCUT2D eigenvalue weighted by Gasteiger charge is 2.19. The topological polar surface area (TPSA) is 78.2 Å². The Labute approximate surface area is 168 Å². The molecule has 0 bridgehead atoms. The molecule has 2 aromatic heterocycles. The fourth-order valence-corrected chi connectivity index (χ4v) is 4.34. The van der Waals surface area contributed by atoms with Crippen LogP contribution in [0.3, 0.4) is 0 Å². The predicted molar refractivity (Wildman–Crippen MR) is 113 cm³/mol. The minimum atomic E-state index is -0.164. The Morgan fingerprint density at radius 3 is 2.50 bits per heavy atom. The third kappa shape index (κ3) is 4.56. The summed E-state index contributed by atoms with van der Waals surface area (Å²) in [6.07, 6.45) is 0. The van der Waals surface area contributed by atoms with Crippen LogP contribution in [-0.4, -0.2) is 45.9 Å². The summed E-state index contributed by atoms with van der Waals surface area (Å²) < 4.78 is 0. The van der Waals surface area contributed by atoms with Gasteiger partial charge in [0.05, 0.1) is 5.69 Å². The number of nitrogens with two attached hydrogens (primary N) is 1. The molecule has 3 aromatic rings. The molecule has 6 nitrogen and oxygen atoms in total. The summed E-state index contributed by atoms with van der Waals surface area (Å²) >= 11 is 1.82. The third-order valence-corrected chi connectivity index (χ3v) is 5.96. The van der Waals surface area contributed by atoms with Crippen molar-refractivity contribution in [3.05, 3.63) is 74.3 Å². The molecule has 1 saturated heterocycles. The molecule has 1 aromatic carbocycles. The van der Waals surface area contributed by atoms with Crippen LogP contribution in [0, 0.1) is 0 Å². The van der Waals surface area contributed by atoms with E-state index in [-0.39, 0.29) is 12.1 Å². The number of thiophene rings is 1. The van der Waals surface area contributed by atoms with Gasteiger partial charge < -0.3 is 10.7 Å². The van der Waals surface area contributed by atoms with Crippen LogP contribution in [0.25, 0.3) is 11.4 Å². The molecule has 146 valence electrons. The van der Waals surface area contributed by atoms with Gasteiger partial charge >= 0.3 is 0 Å². The maximum Gasteiger partial charge on any atom is 0.251 e. The lowest BCUT2D eigenvalue weighted by Crippen LogP contribution is -2.45. The van der Waals surface area contributed by atoms with Gasteiger partial charge in [0.1, 0.15) is 5.82 Å². The number of hydrogen-bond acceptors (Lipinski definition) is 6. The Bertz CT molecular complexity index is 961. The summed E-state index contributed by atoms with van der Waals surface area (Å²) in [6.45, 7) is 6.35. The summed E-state index contributed by atoms with van der Waals surface area (Å²) in [6, 6.07) is 13.9. The standard InChI is InChI=1S/C21H25N5OS/c22-13-17-12-20(27)24-21(23-17)19-6-2-1-4-16(19)14-25-7-9-26(10-8-25)15-18-5-3-11-28-18/h1-6,11-12H,7-10,13-15,22H2,(H,23,24,27). The Hall–Kier alpha value is -2.32. The van der Waals surface area contributed by atoms with Crippen LogP contribution in [0.1, 0.15) is 16.1 Å². The van der Waals surface area contributed by atoms with Gasteiger partial charge in [0, 0.05) is 62.3 Å². The monoisotopic (exact) mass is 395 g/mol. The van der Waals surface area contributed by atoms with Crippen LogP contribution in [-0.2, 0) is 19.6 Å². The van der Waals surface area contributed by atoms with Crippen molar-refractivity contribution in [1.82, 2.24) is 19.8 Å². The number of rotatable bonds is 6. The molecule has 1 aliphatic rings. The van der Waals surface area contributed by atoms with E-state index in [9.17, 15) is 4.79 Å². The molecule has 1 fully saturated rings. The van der Waals surface area contributed by atoms with E-state index >= 15 is 0 Å². The lowest BCUT2D eigenvalue weighted by molar-refractivity contribution is 0.123. The van der Waals surface area contributed by atoms with Crippen molar-refractivity contribution < 1.29 is 0 Å². The number of aromatic nitrogens is 2. The van der Waals surface area contributed by atoms with Crippen molar-refractivity contribution in [3.8, 4) is 11.4 Å². The SMILES string of the molecule is NCc1cc(=O)[nH]c(-c2ccccc2CN2CCN(Cc3cccs3)CC2)n1. The molecule has 0 unspecified atom stereocenters. The van der Waals surface area contributed by atoms with E-state index in [1.54, 1.807) is 0 Å². The fraction of sp³-hybridized carbons (Fsp3) is 0.333. The lowest BCUT2D eigenvalue weighted by Gasteiger charge is -2.34. The van der Waals surface area contributed by atoms with Gasteiger partial charge in [-0.3, -0.25) is 14.6 Å². The first-order chi connectivity index (χ1) is 13.7. The van der Waals surface area contributed by atoms with Crippen molar-refractivity contribution in [1.29, 1.82) is 0 Å². The van der Waals surface area contributed by atoms with Crippen molar-refractivity contribution in [2.75, 3.05) is 26.2 Å². The largest absolute Gasteiger partial charge is 0.325 e. The molecule has 0 radical (unpaired) electrons. The Morgan fingerprint density at radius 2 is 1.79 bits per heavy atom. The minimum absolute atomic E-state index is 0.164. The highest BCUT2D eigenvalue weighted by Crippen LogP contribution is 2.22. The minimum Gasteiger partial charge on any atom is -0.325 e. The second-order valence-corrected chi connectivity index (χ2v) is 8.11. The van der Waals surface area contributed by atoms with Gasteiger partial charge in [-0.15, -0.1) is 11.3 Å². The van der Waals surface area contributed by atoms with Crippen molar-refractivity contribution in [2.24, 2.45) is 5.73 Å². The van der Waals surface area contributed by atoms with Gasteiger partial charge in [-0.2, -0.15) is 0 Å². The molecule has 1 aliphatic heterocycles. The molecule has 4 rings (SSSR count). The average molecular weight is 396 g/mol. The molecule has 3 heterocycles. The molecular weight excluding hydrogens is 370 g/mol. The van der Waals surface area contributed by atoms with Crippen LogP contribution in [0.2, 0.25) is 0 Å². The summed E-state index contributed by atoms with van der Waals surface area (Å²) in [7, 11) is 0. The zero-order valence-corrected chi connectivity index (χ0v) is 16.6. The van der Waals surface area contributed by atoms with Crippen LogP contribution in [0.15, 0.2) is 52.6 Å². The van der Waals surface area contributed by atoms with Crippen molar-refractivity contribution >= 4 is 11.3 Å². The normalized spacial score (nSPS) is 15.8. The highest BCUT2D eigenvalue weighted by molar-refractivity contribution is 7.09. The van der Waals surface area contributed by atoms with E-state index in [0.717, 1.165) is 44.8 Å². The van der Waals surface area contributed by atoms with Crippen LogP contribution >= 0.6 is 11.3 Å².